The van der Waals surface area contributed by atoms with Gasteiger partial charge in [-0.3, -0.25) is 5.32 Å². The molecule has 0 aliphatic carbocycles. The molecule has 0 aliphatic heterocycles. The van der Waals surface area contributed by atoms with E-state index in [1.807, 2.05) is 58.9 Å². The van der Waals surface area contributed by atoms with E-state index in [9.17, 15) is 4.79 Å². The lowest BCUT2D eigenvalue weighted by Gasteiger charge is -2.14. The molecule has 2 aromatic rings. The number of nitrogens with one attached hydrogen (secondary N) is 1. The van der Waals surface area contributed by atoms with Crippen molar-refractivity contribution >= 4 is 46.7 Å². The number of alkyl halides is 3. The lowest BCUT2D eigenvalue weighted by atomic mass is 9.92. The summed E-state index contributed by atoms with van der Waals surface area (Å²) in [5.41, 5.74) is 3.77. The number of amides is 1. The number of aromatic nitrogens is 2. The Balaban J connectivity index is 2.36. The molecule has 1 aromatic carbocycles. The maximum absolute atomic E-state index is 12.1. The zero-order chi connectivity index (χ0) is 19.7. The fourth-order valence-corrected chi connectivity index (χ4v) is 2.34. The third kappa shape index (κ3) is 5.53. The number of carbonyl (C=O) groups is 1. The second-order valence-corrected chi connectivity index (χ2v) is 9.68. The monoisotopic (exact) mass is 417 g/mol. The van der Waals surface area contributed by atoms with Crippen molar-refractivity contribution < 1.29 is 9.53 Å². The number of nitrogens with zero attached hydrogens (tertiary/aromatic N) is 2. The Hall–Kier alpha value is -1.43. The summed E-state index contributed by atoms with van der Waals surface area (Å²) < 4.78 is 4.96. The minimum Gasteiger partial charge on any atom is -0.445 e. The Morgan fingerprint density at radius 1 is 1.15 bits per heavy atom. The van der Waals surface area contributed by atoms with Crippen LogP contribution in [0.5, 0.6) is 0 Å². The molecular weight excluding hydrogens is 397 g/mol. The first kappa shape index (κ1) is 20.9. The van der Waals surface area contributed by atoms with Crippen molar-refractivity contribution in [3.63, 3.8) is 0 Å². The highest BCUT2D eigenvalue weighted by molar-refractivity contribution is 6.67. The number of halogens is 3. The molecule has 142 valence electrons. The van der Waals surface area contributed by atoms with Gasteiger partial charge in [0.15, 0.2) is 0 Å². The largest absolute Gasteiger partial charge is 0.445 e. The lowest BCUT2D eigenvalue weighted by molar-refractivity contribution is 0.163. The van der Waals surface area contributed by atoms with Gasteiger partial charge in [-0.05, 0) is 37.1 Å². The van der Waals surface area contributed by atoms with Crippen molar-refractivity contribution in [1.82, 2.24) is 9.78 Å². The molecule has 0 bridgehead atoms. The van der Waals surface area contributed by atoms with E-state index in [4.69, 9.17) is 39.5 Å². The van der Waals surface area contributed by atoms with Crippen molar-refractivity contribution in [2.45, 2.75) is 43.8 Å². The topological polar surface area (TPSA) is 56.2 Å². The van der Waals surface area contributed by atoms with Crippen molar-refractivity contribution in [2.75, 3.05) is 11.9 Å². The van der Waals surface area contributed by atoms with Gasteiger partial charge in [0.1, 0.15) is 12.4 Å². The van der Waals surface area contributed by atoms with Gasteiger partial charge in [0.25, 0.3) is 0 Å². The molecule has 0 saturated carbocycles. The van der Waals surface area contributed by atoms with E-state index < -0.39 is 9.89 Å². The number of benzene rings is 1. The average Bonchev–Trinajstić information content (AvgIpc) is 2.91. The van der Waals surface area contributed by atoms with Gasteiger partial charge in [-0.15, -0.1) is 0 Å². The average molecular weight is 419 g/mol. The van der Waals surface area contributed by atoms with E-state index in [0.717, 1.165) is 16.9 Å². The standard InChI is InChI=1S/C18H22Cl3N3O2/c1-11-6-7-13(8-12(11)2)24-15(9-14(23-24)17(3,4)5)22-16(25)26-10-18(19,20)21/h6-9H,10H2,1-5H3,(H,22,25). The van der Waals surface area contributed by atoms with Crippen molar-refractivity contribution in [3.05, 3.63) is 41.1 Å². The zero-order valence-electron chi connectivity index (χ0n) is 15.4. The summed E-state index contributed by atoms with van der Waals surface area (Å²) in [6.07, 6.45) is -0.721. The van der Waals surface area contributed by atoms with E-state index in [-0.39, 0.29) is 12.0 Å². The number of aryl methyl sites for hydroxylation is 2. The van der Waals surface area contributed by atoms with Gasteiger partial charge in [0, 0.05) is 11.5 Å². The highest BCUT2D eigenvalue weighted by Gasteiger charge is 2.24. The minimum absolute atomic E-state index is 0.192. The smallest absolute Gasteiger partial charge is 0.412 e. The quantitative estimate of drug-likeness (QED) is 0.650. The second-order valence-electron chi connectivity index (χ2n) is 7.16. The first-order chi connectivity index (χ1) is 11.9. The van der Waals surface area contributed by atoms with Gasteiger partial charge in [-0.1, -0.05) is 61.6 Å². The third-order valence-corrected chi connectivity index (χ3v) is 4.14. The van der Waals surface area contributed by atoms with Gasteiger partial charge in [-0.2, -0.15) is 5.10 Å². The van der Waals surface area contributed by atoms with Gasteiger partial charge < -0.3 is 4.74 Å². The fraction of sp³-hybridized carbons (Fsp3) is 0.444. The maximum Gasteiger partial charge on any atom is 0.412 e. The molecular formula is C18H22Cl3N3O2. The SMILES string of the molecule is Cc1ccc(-n2nc(C(C)(C)C)cc2NC(=O)OCC(Cl)(Cl)Cl)cc1C. The Morgan fingerprint density at radius 2 is 1.81 bits per heavy atom. The molecule has 1 heterocycles. The summed E-state index contributed by atoms with van der Waals surface area (Å²) in [4.78, 5) is 12.1. The number of ether oxygens (including phenoxy) is 1. The van der Waals surface area contributed by atoms with E-state index in [1.54, 1.807) is 4.68 Å². The van der Waals surface area contributed by atoms with E-state index in [1.165, 1.54) is 5.56 Å². The lowest BCUT2D eigenvalue weighted by Crippen LogP contribution is -2.22. The summed E-state index contributed by atoms with van der Waals surface area (Å²) in [6, 6.07) is 7.77. The van der Waals surface area contributed by atoms with Crippen LogP contribution in [0.3, 0.4) is 0 Å². The molecule has 0 saturated heterocycles. The third-order valence-electron chi connectivity index (χ3n) is 3.81. The Morgan fingerprint density at radius 3 is 2.35 bits per heavy atom. The van der Waals surface area contributed by atoms with Crippen LogP contribution < -0.4 is 5.32 Å². The van der Waals surface area contributed by atoms with Gasteiger partial charge in [-0.25, -0.2) is 9.48 Å². The van der Waals surface area contributed by atoms with Crippen LogP contribution in [0.4, 0.5) is 10.6 Å². The molecule has 1 amide bonds. The number of anilines is 1. The van der Waals surface area contributed by atoms with Gasteiger partial charge >= 0.3 is 6.09 Å². The molecule has 1 N–H and O–H groups in total. The molecule has 2 rings (SSSR count). The Labute approximate surface area is 168 Å². The zero-order valence-corrected chi connectivity index (χ0v) is 17.6. The van der Waals surface area contributed by atoms with E-state index >= 15 is 0 Å². The number of hydrogen-bond donors (Lipinski definition) is 1. The summed E-state index contributed by atoms with van der Waals surface area (Å²) in [5.74, 6) is 0.479. The summed E-state index contributed by atoms with van der Waals surface area (Å²) >= 11 is 16.8. The van der Waals surface area contributed by atoms with Crippen LogP contribution in [-0.4, -0.2) is 26.3 Å². The second kappa shape index (κ2) is 7.67. The molecule has 0 unspecified atom stereocenters. The molecule has 5 nitrogen and oxygen atoms in total. The summed E-state index contributed by atoms with van der Waals surface area (Å²) in [6.45, 7) is 9.85. The van der Waals surface area contributed by atoms with Crippen LogP contribution in [-0.2, 0) is 10.2 Å². The van der Waals surface area contributed by atoms with E-state index in [2.05, 4.69) is 10.4 Å². The van der Waals surface area contributed by atoms with Gasteiger partial charge in [0.05, 0.1) is 11.4 Å². The number of carbonyl (C=O) groups excluding carboxylic acids is 1. The molecule has 0 spiro atoms. The minimum atomic E-state index is -1.66. The number of hydrogen-bond acceptors (Lipinski definition) is 3. The van der Waals surface area contributed by atoms with Crippen LogP contribution in [0.2, 0.25) is 0 Å². The van der Waals surface area contributed by atoms with Crippen molar-refractivity contribution in [1.29, 1.82) is 0 Å². The normalized spacial score (nSPS) is 12.2. The highest BCUT2D eigenvalue weighted by Crippen LogP contribution is 2.28. The molecule has 8 heteroatoms. The van der Waals surface area contributed by atoms with Crippen LogP contribution in [0.25, 0.3) is 5.69 Å². The molecule has 0 atom stereocenters. The van der Waals surface area contributed by atoms with Gasteiger partial charge in [0.2, 0.25) is 3.79 Å². The summed E-state index contributed by atoms with van der Waals surface area (Å²) in [5, 5.41) is 7.32. The molecule has 0 fully saturated rings. The van der Waals surface area contributed by atoms with Crippen molar-refractivity contribution in [2.24, 2.45) is 0 Å². The first-order valence-electron chi connectivity index (χ1n) is 8.05. The van der Waals surface area contributed by atoms with Crippen LogP contribution in [0.15, 0.2) is 24.3 Å². The van der Waals surface area contributed by atoms with Crippen molar-refractivity contribution in [3.8, 4) is 5.69 Å². The first-order valence-corrected chi connectivity index (χ1v) is 9.19. The Kier molecular flexibility index (Phi) is 6.16. The van der Waals surface area contributed by atoms with Crippen LogP contribution >= 0.6 is 34.8 Å². The highest BCUT2D eigenvalue weighted by atomic mass is 35.6. The summed E-state index contributed by atoms with van der Waals surface area (Å²) in [7, 11) is 0. The Bertz CT molecular complexity index is 805. The molecule has 1 aromatic heterocycles. The van der Waals surface area contributed by atoms with Crippen LogP contribution in [0.1, 0.15) is 37.6 Å². The predicted molar refractivity (Wildman–Crippen MR) is 107 cm³/mol. The van der Waals surface area contributed by atoms with E-state index in [0.29, 0.717) is 5.82 Å². The number of rotatable bonds is 3. The van der Waals surface area contributed by atoms with Crippen LogP contribution in [0, 0.1) is 13.8 Å². The molecule has 0 aliphatic rings. The molecule has 0 radical (unpaired) electrons. The molecule has 26 heavy (non-hydrogen) atoms. The maximum atomic E-state index is 12.1. The fourth-order valence-electron chi connectivity index (χ4n) is 2.18. The predicted octanol–water partition coefficient (Wildman–Crippen LogP) is 5.71.